The monoisotopic (exact) mass is 385 g/mol. The fourth-order valence-corrected chi connectivity index (χ4v) is 4.35. The van der Waals surface area contributed by atoms with E-state index in [1.54, 1.807) is 11.8 Å². The third-order valence-electron chi connectivity index (χ3n) is 4.08. The second kappa shape index (κ2) is 7.51. The molecule has 22 heavy (non-hydrogen) atoms. The maximum Gasteiger partial charge on any atom is 0.330 e. The van der Waals surface area contributed by atoms with Crippen LogP contribution in [0.4, 0.5) is 0 Å². The van der Waals surface area contributed by atoms with E-state index in [-0.39, 0.29) is 11.8 Å². The molecule has 0 aliphatic carbocycles. The van der Waals surface area contributed by atoms with Crippen LogP contribution in [0.2, 0.25) is 0 Å². The highest BCUT2D eigenvalue weighted by Crippen LogP contribution is 2.29. The first-order valence-corrected chi connectivity index (χ1v) is 9.30. The third kappa shape index (κ3) is 3.84. The van der Waals surface area contributed by atoms with Gasteiger partial charge in [-0.2, -0.15) is 11.8 Å². The zero-order valence-corrected chi connectivity index (χ0v) is 14.9. The van der Waals surface area contributed by atoms with Crippen molar-refractivity contribution in [2.24, 2.45) is 5.92 Å². The molecule has 0 bridgehead atoms. The summed E-state index contributed by atoms with van der Waals surface area (Å²) in [7, 11) is 0. The van der Waals surface area contributed by atoms with Gasteiger partial charge >= 0.3 is 5.97 Å². The predicted octanol–water partition coefficient (Wildman–Crippen LogP) is 3.09. The lowest BCUT2D eigenvalue weighted by molar-refractivity contribution is -0.147. The summed E-state index contributed by atoms with van der Waals surface area (Å²) in [6, 6.07) is 7.81. The van der Waals surface area contributed by atoms with E-state index in [2.05, 4.69) is 21.2 Å². The van der Waals surface area contributed by atoms with Crippen LogP contribution < -0.4 is 5.32 Å². The largest absolute Gasteiger partial charge is 0.479 e. The zero-order chi connectivity index (χ0) is 16.2. The van der Waals surface area contributed by atoms with Crippen LogP contribution in [-0.4, -0.2) is 34.0 Å². The first-order valence-electron chi connectivity index (χ1n) is 7.35. The Balaban J connectivity index is 2.09. The number of thioether (sulfide) groups is 1. The molecule has 2 N–H and O–H groups in total. The van der Waals surface area contributed by atoms with E-state index < -0.39 is 11.5 Å². The molecule has 0 saturated carbocycles. The number of carboxylic acids is 1. The summed E-state index contributed by atoms with van der Waals surface area (Å²) in [6.07, 6.45) is 1.77. The zero-order valence-electron chi connectivity index (χ0n) is 12.5. The number of carbonyl (C=O) groups is 2. The summed E-state index contributed by atoms with van der Waals surface area (Å²) in [5.41, 5.74) is -0.0296. The van der Waals surface area contributed by atoms with Crippen molar-refractivity contribution in [3.63, 3.8) is 0 Å². The number of rotatable bonds is 6. The molecule has 1 heterocycles. The molecule has 2 rings (SSSR count). The van der Waals surface area contributed by atoms with Crippen molar-refractivity contribution in [3.05, 3.63) is 34.3 Å². The van der Waals surface area contributed by atoms with Gasteiger partial charge in [0, 0.05) is 16.1 Å². The highest BCUT2D eigenvalue weighted by Gasteiger charge is 2.44. The molecule has 120 valence electrons. The SMILES string of the molecule is CCC(Cc1ccccc1Br)C(=O)NC1(C(=O)O)CCSC1. The fraction of sp³-hybridized carbons (Fsp3) is 0.500. The summed E-state index contributed by atoms with van der Waals surface area (Å²) in [6.45, 7) is 1.96. The van der Waals surface area contributed by atoms with Gasteiger partial charge in [0.15, 0.2) is 0 Å². The van der Waals surface area contributed by atoms with Crippen LogP contribution in [0, 0.1) is 5.92 Å². The van der Waals surface area contributed by atoms with Gasteiger partial charge in [-0.05, 0) is 36.6 Å². The van der Waals surface area contributed by atoms with Gasteiger partial charge in [0.2, 0.25) is 5.91 Å². The topological polar surface area (TPSA) is 66.4 Å². The number of hydrogen-bond acceptors (Lipinski definition) is 3. The van der Waals surface area contributed by atoms with Crippen molar-refractivity contribution in [3.8, 4) is 0 Å². The van der Waals surface area contributed by atoms with Crippen LogP contribution in [0.1, 0.15) is 25.3 Å². The molecule has 1 saturated heterocycles. The van der Waals surface area contributed by atoms with Crippen molar-refractivity contribution in [1.29, 1.82) is 0 Å². The summed E-state index contributed by atoms with van der Waals surface area (Å²) >= 11 is 5.07. The van der Waals surface area contributed by atoms with Crippen molar-refractivity contribution in [2.45, 2.75) is 31.7 Å². The van der Waals surface area contributed by atoms with Gasteiger partial charge < -0.3 is 10.4 Å². The Labute approximate surface area is 143 Å². The quantitative estimate of drug-likeness (QED) is 0.789. The molecule has 1 aromatic carbocycles. The summed E-state index contributed by atoms with van der Waals surface area (Å²) in [4.78, 5) is 24.1. The van der Waals surface area contributed by atoms with Gasteiger partial charge in [-0.1, -0.05) is 41.1 Å². The molecule has 1 aromatic rings. The molecular formula is C16H20BrNO3S. The smallest absolute Gasteiger partial charge is 0.330 e. The number of amides is 1. The third-order valence-corrected chi connectivity index (χ3v) is 6.04. The van der Waals surface area contributed by atoms with Crippen molar-refractivity contribution in [1.82, 2.24) is 5.32 Å². The van der Waals surface area contributed by atoms with E-state index in [1.807, 2.05) is 31.2 Å². The standard InChI is InChI=1S/C16H20BrNO3S/c1-2-11(9-12-5-3-4-6-13(12)17)14(19)18-16(15(20)21)7-8-22-10-16/h3-6,11H,2,7-10H2,1H3,(H,18,19)(H,20,21). The number of benzene rings is 1. The van der Waals surface area contributed by atoms with E-state index in [0.717, 1.165) is 15.8 Å². The first-order chi connectivity index (χ1) is 10.5. The fourth-order valence-electron chi connectivity index (χ4n) is 2.58. The number of halogens is 1. The molecule has 0 aromatic heterocycles. The number of aliphatic carboxylic acids is 1. The second-order valence-electron chi connectivity index (χ2n) is 5.58. The lowest BCUT2D eigenvalue weighted by atomic mass is 9.93. The Morgan fingerprint density at radius 3 is 2.73 bits per heavy atom. The minimum Gasteiger partial charge on any atom is -0.479 e. The Morgan fingerprint density at radius 1 is 1.45 bits per heavy atom. The molecule has 0 radical (unpaired) electrons. The van der Waals surface area contributed by atoms with E-state index in [1.165, 1.54) is 0 Å². The Morgan fingerprint density at radius 2 is 2.18 bits per heavy atom. The molecule has 4 nitrogen and oxygen atoms in total. The van der Waals surface area contributed by atoms with Gasteiger partial charge in [-0.15, -0.1) is 0 Å². The number of carbonyl (C=O) groups excluding carboxylic acids is 1. The van der Waals surface area contributed by atoms with Gasteiger partial charge in [-0.3, -0.25) is 4.79 Å². The molecule has 1 aliphatic rings. The Hall–Kier alpha value is -1.01. The highest BCUT2D eigenvalue weighted by atomic mass is 79.9. The normalized spacial score (nSPS) is 22.3. The van der Waals surface area contributed by atoms with E-state index in [9.17, 15) is 14.7 Å². The van der Waals surface area contributed by atoms with Crippen molar-refractivity contribution >= 4 is 39.6 Å². The van der Waals surface area contributed by atoms with Gasteiger partial charge in [0.05, 0.1) is 0 Å². The predicted molar refractivity (Wildman–Crippen MR) is 92.1 cm³/mol. The minimum atomic E-state index is -1.09. The maximum atomic E-state index is 12.6. The summed E-state index contributed by atoms with van der Waals surface area (Å²) < 4.78 is 0.977. The lowest BCUT2D eigenvalue weighted by Crippen LogP contribution is -2.56. The van der Waals surface area contributed by atoms with Crippen LogP contribution in [0.5, 0.6) is 0 Å². The number of hydrogen-bond donors (Lipinski definition) is 2. The van der Waals surface area contributed by atoms with Crippen LogP contribution in [-0.2, 0) is 16.0 Å². The van der Waals surface area contributed by atoms with Crippen molar-refractivity contribution < 1.29 is 14.7 Å². The Kier molecular flexibility index (Phi) is 5.92. The molecule has 2 unspecified atom stereocenters. The maximum absolute atomic E-state index is 12.6. The van der Waals surface area contributed by atoms with Gasteiger partial charge in [0.25, 0.3) is 0 Å². The molecule has 0 spiro atoms. The average molecular weight is 386 g/mol. The van der Waals surface area contributed by atoms with Crippen LogP contribution in [0.3, 0.4) is 0 Å². The highest BCUT2D eigenvalue weighted by molar-refractivity contribution is 9.10. The second-order valence-corrected chi connectivity index (χ2v) is 7.54. The molecule has 2 atom stereocenters. The van der Waals surface area contributed by atoms with Crippen LogP contribution in [0.25, 0.3) is 0 Å². The van der Waals surface area contributed by atoms with E-state index >= 15 is 0 Å². The molecule has 1 aliphatic heterocycles. The van der Waals surface area contributed by atoms with Crippen molar-refractivity contribution in [2.75, 3.05) is 11.5 Å². The molecule has 1 fully saturated rings. The lowest BCUT2D eigenvalue weighted by Gasteiger charge is -2.27. The molecular weight excluding hydrogens is 366 g/mol. The number of carboxylic acid groups (broad SMARTS) is 1. The van der Waals surface area contributed by atoms with Crippen LogP contribution >= 0.6 is 27.7 Å². The number of nitrogens with one attached hydrogen (secondary N) is 1. The van der Waals surface area contributed by atoms with Gasteiger partial charge in [0.1, 0.15) is 5.54 Å². The first kappa shape index (κ1) is 17.3. The Bertz CT molecular complexity index is 558. The van der Waals surface area contributed by atoms with E-state index in [4.69, 9.17) is 0 Å². The van der Waals surface area contributed by atoms with Crippen LogP contribution in [0.15, 0.2) is 28.7 Å². The summed E-state index contributed by atoms with van der Waals surface area (Å²) in [5, 5.41) is 12.3. The van der Waals surface area contributed by atoms with Gasteiger partial charge in [-0.25, -0.2) is 4.79 Å². The average Bonchev–Trinajstić information content (AvgIpc) is 2.96. The molecule has 6 heteroatoms. The van der Waals surface area contributed by atoms with E-state index in [0.29, 0.717) is 25.0 Å². The molecule has 1 amide bonds. The minimum absolute atomic E-state index is 0.164. The summed E-state index contributed by atoms with van der Waals surface area (Å²) in [5.74, 6) is -0.0991.